The Morgan fingerprint density at radius 1 is 1.00 bits per heavy atom. The van der Waals surface area contributed by atoms with Gasteiger partial charge in [0.05, 0.1) is 18.7 Å². The fraction of sp³-hybridized carbons (Fsp3) is 0.650. The topological polar surface area (TPSA) is 51.0 Å². The third-order valence-corrected chi connectivity index (χ3v) is 4.66. The lowest BCUT2D eigenvalue weighted by atomic mass is 9.89. The van der Waals surface area contributed by atoms with Gasteiger partial charge in [0.15, 0.2) is 0 Å². The van der Waals surface area contributed by atoms with Crippen molar-refractivity contribution in [2.75, 3.05) is 7.11 Å². The molecule has 0 saturated heterocycles. The molecule has 4 nitrogen and oxygen atoms in total. The molecule has 1 aliphatic heterocycles. The predicted octanol–water partition coefficient (Wildman–Crippen LogP) is 5.64. The van der Waals surface area contributed by atoms with Crippen LogP contribution in [-0.2, 0) is 4.74 Å². The normalized spacial score (nSPS) is 19.5. The summed E-state index contributed by atoms with van der Waals surface area (Å²) in [7, 11) is 1.62. The van der Waals surface area contributed by atoms with Gasteiger partial charge in [-0.15, -0.1) is 0 Å². The number of hydrogen-bond donors (Lipinski definition) is 0. The van der Waals surface area contributed by atoms with Gasteiger partial charge in [-0.2, -0.15) is 4.99 Å². The summed E-state index contributed by atoms with van der Waals surface area (Å²) in [6, 6.07) is -0.380. The van der Waals surface area contributed by atoms with Crippen molar-refractivity contribution < 1.29 is 9.53 Å². The molecular weight excluding hydrogens is 300 g/mol. The van der Waals surface area contributed by atoms with Crippen LogP contribution in [0.4, 0.5) is 4.79 Å². The molecule has 0 spiro atoms. The van der Waals surface area contributed by atoms with Crippen molar-refractivity contribution >= 4 is 17.5 Å². The number of methoxy groups -OCH3 is 1. The van der Waals surface area contributed by atoms with Gasteiger partial charge in [-0.25, -0.2) is 9.79 Å². The molecule has 0 N–H and O–H groups in total. The number of allylic oxidation sites excluding steroid dienone is 3. The molecule has 2 amide bonds. The summed E-state index contributed by atoms with van der Waals surface area (Å²) in [6.07, 6.45) is 18.4. The number of rotatable bonds is 11. The van der Waals surface area contributed by atoms with Gasteiger partial charge in [0.2, 0.25) is 0 Å². The Morgan fingerprint density at radius 2 is 1.67 bits per heavy atom. The maximum atomic E-state index is 11.7. The van der Waals surface area contributed by atoms with E-state index in [0.717, 1.165) is 30.0 Å². The Hall–Kier alpha value is -1.71. The van der Waals surface area contributed by atoms with Crippen molar-refractivity contribution in [3.63, 3.8) is 0 Å². The molecule has 4 heteroatoms. The van der Waals surface area contributed by atoms with E-state index >= 15 is 0 Å². The van der Waals surface area contributed by atoms with E-state index in [1.165, 1.54) is 51.4 Å². The first-order valence-corrected chi connectivity index (χ1v) is 9.38. The number of unbranched alkanes of at least 4 members (excludes halogenated alkanes) is 8. The van der Waals surface area contributed by atoms with Crippen LogP contribution in [0.2, 0.25) is 0 Å². The number of carbonyl (C=O) groups excluding carboxylic acids is 1. The molecule has 1 heterocycles. The number of carbonyl (C=O) groups is 1. The highest BCUT2D eigenvalue weighted by Crippen LogP contribution is 2.23. The first-order valence-electron chi connectivity index (χ1n) is 9.38. The number of nitrogens with zero attached hydrogens (tertiary/aromatic N) is 2. The number of fused-ring (bicyclic) bond motifs is 1. The molecule has 1 aliphatic carbocycles. The van der Waals surface area contributed by atoms with Gasteiger partial charge in [-0.3, -0.25) is 0 Å². The van der Waals surface area contributed by atoms with Crippen LogP contribution in [0, 0.1) is 5.92 Å². The molecule has 2 aliphatic rings. The van der Waals surface area contributed by atoms with Crippen LogP contribution < -0.4 is 0 Å². The molecule has 0 bridgehead atoms. The second kappa shape index (κ2) is 10.2. The fourth-order valence-corrected chi connectivity index (χ4v) is 3.24. The van der Waals surface area contributed by atoms with Crippen molar-refractivity contribution in [3.8, 4) is 0 Å². The molecule has 0 radical (unpaired) electrons. The van der Waals surface area contributed by atoms with Crippen molar-refractivity contribution in [2.45, 2.75) is 71.1 Å². The molecule has 2 rings (SSSR count). The highest BCUT2D eigenvalue weighted by atomic mass is 16.5. The van der Waals surface area contributed by atoms with Crippen molar-refractivity contribution in [2.24, 2.45) is 15.9 Å². The molecule has 0 aromatic carbocycles. The van der Waals surface area contributed by atoms with E-state index in [1.54, 1.807) is 7.11 Å². The molecule has 0 aromatic rings. The van der Waals surface area contributed by atoms with Gasteiger partial charge >= 0.3 is 6.03 Å². The minimum atomic E-state index is -0.380. The second-order valence-corrected chi connectivity index (χ2v) is 6.59. The summed E-state index contributed by atoms with van der Waals surface area (Å²) in [5, 5.41) is 0. The number of hydrogen-bond acceptors (Lipinski definition) is 2. The standard InChI is InChI=1S/C20H30N2O2/c1-3-4-5-6-7-8-9-10-11-12-18-17-14-13-16(24-2)15-19(17)22-20(23)21-18/h13-15,17H,3-12H2,1-2H3. The number of aliphatic imine (C=N–C) groups is 2. The molecule has 0 saturated carbocycles. The molecule has 0 aromatic heterocycles. The van der Waals surface area contributed by atoms with Crippen LogP contribution in [0.3, 0.4) is 0 Å². The minimum absolute atomic E-state index is 0.0515. The van der Waals surface area contributed by atoms with E-state index in [9.17, 15) is 4.79 Å². The molecule has 1 atom stereocenters. The minimum Gasteiger partial charge on any atom is -0.497 e. The van der Waals surface area contributed by atoms with Crippen molar-refractivity contribution in [1.82, 2.24) is 0 Å². The lowest BCUT2D eigenvalue weighted by Crippen LogP contribution is -2.28. The Labute approximate surface area is 145 Å². The lowest BCUT2D eigenvalue weighted by molar-refractivity contribution is 0.256. The van der Waals surface area contributed by atoms with Crippen molar-refractivity contribution in [1.29, 1.82) is 0 Å². The van der Waals surface area contributed by atoms with Crippen LogP contribution in [0.25, 0.3) is 0 Å². The Kier molecular flexibility index (Phi) is 7.93. The summed E-state index contributed by atoms with van der Waals surface area (Å²) < 4.78 is 5.21. The van der Waals surface area contributed by atoms with Gasteiger partial charge in [0, 0.05) is 11.8 Å². The van der Waals surface area contributed by atoms with Gasteiger partial charge in [0.1, 0.15) is 5.76 Å². The van der Waals surface area contributed by atoms with Crippen LogP contribution >= 0.6 is 0 Å². The third kappa shape index (κ3) is 5.73. The first-order chi connectivity index (χ1) is 11.7. The fourth-order valence-electron chi connectivity index (χ4n) is 3.24. The van der Waals surface area contributed by atoms with E-state index in [4.69, 9.17) is 4.74 Å². The van der Waals surface area contributed by atoms with Crippen LogP contribution in [0.5, 0.6) is 0 Å². The van der Waals surface area contributed by atoms with Gasteiger partial charge in [-0.1, -0.05) is 64.4 Å². The maximum Gasteiger partial charge on any atom is 0.367 e. The molecule has 132 valence electrons. The Bertz CT molecular complexity index is 544. The van der Waals surface area contributed by atoms with Gasteiger partial charge in [-0.05, 0) is 18.9 Å². The second-order valence-electron chi connectivity index (χ2n) is 6.59. The van der Waals surface area contributed by atoms with Crippen LogP contribution in [0.1, 0.15) is 71.1 Å². The summed E-state index contributed by atoms with van der Waals surface area (Å²) >= 11 is 0. The van der Waals surface area contributed by atoms with Gasteiger partial charge < -0.3 is 4.74 Å². The van der Waals surface area contributed by atoms with Crippen LogP contribution in [0.15, 0.2) is 34.0 Å². The third-order valence-electron chi connectivity index (χ3n) is 4.66. The highest BCUT2D eigenvalue weighted by Gasteiger charge is 2.26. The van der Waals surface area contributed by atoms with E-state index in [-0.39, 0.29) is 11.9 Å². The molecular formula is C20H30N2O2. The van der Waals surface area contributed by atoms with E-state index < -0.39 is 0 Å². The predicted molar refractivity (Wildman–Crippen MR) is 99.8 cm³/mol. The van der Waals surface area contributed by atoms with Crippen LogP contribution in [-0.4, -0.2) is 24.6 Å². The average Bonchev–Trinajstić information content (AvgIpc) is 2.59. The summed E-state index contributed by atoms with van der Waals surface area (Å²) in [4.78, 5) is 19.9. The lowest BCUT2D eigenvalue weighted by Gasteiger charge is -2.22. The Morgan fingerprint density at radius 3 is 2.33 bits per heavy atom. The highest BCUT2D eigenvalue weighted by molar-refractivity contribution is 6.22. The zero-order valence-corrected chi connectivity index (χ0v) is 15.1. The Balaban J connectivity index is 1.69. The summed E-state index contributed by atoms with van der Waals surface area (Å²) in [5.74, 6) is 0.790. The summed E-state index contributed by atoms with van der Waals surface area (Å²) in [6.45, 7) is 2.25. The van der Waals surface area contributed by atoms with Crippen molar-refractivity contribution in [3.05, 3.63) is 24.0 Å². The van der Waals surface area contributed by atoms with E-state index in [0.29, 0.717) is 0 Å². The van der Waals surface area contributed by atoms with E-state index in [2.05, 4.69) is 16.9 Å². The maximum absolute atomic E-state index is 11.7. The molecule has 24 heavy (non-hydrogen) atoms. The number of ether oxygens (including phenoxy) is 1. The zero-order chi connectivity index (χ0) is 17.2. The average molecular weight is 330 g/mol. The molecule has 0 fully saturated rings. The summed E-state index contributed by atoms with van der Waals surface area (Å²) in [5.41, 5.74) is 1.72. The quantitative estimate of drug-likeness (QED) is 0.460. The smallest absolute Gasteiger partial charge is 0.367 e. The number of urea groups is 1. The zero-order valence-electron chi connectivity index (χ0n) is 15.1. The van der Waals surface area contributed by atoms with Gasteiger partial charge in [0.25, 0.3) is 0 Å². The van der Waals surface area contributed by atoms with E-state index in [1.807, 2.05) is 18.2 Å². The largest absolute Gasteiger partial charge is 0.497 e. The number of amides is 2. The monoisotopic (exact) mass is 330 g/mol. The first kappa shape index (κ1) is 18.6. The molecule has 1 unspecified atom stereocenters. The SMILES string of the molecule is CCCCCCCCCCCC1=NC(=O)N=C2C=C(OC)C=CC21.